The van der Waals surface area contributed by atoms with E-state index in [2.05, 4.69) is 32.0 Å². The molecule has 22 heavy (non-hydrogen) atoms. The number of likely N-dealkylation sites (tertiary alicyclic amines) is 1. The summed E-state index contributed by atoms with van der Waals surface area (Å²) < 4.78 is 5.47. The summed E-state index contributed by atoms with van der Waals surface area (Å²) in [5.41, 5.74) is 3.51. The van der Waals surface area contributed by atoms with Gasteiger partial charge in [-0.25, -0.2) is 0 Å². The second-order valence-corrected chi connectivity index (χ2v) is 5.90. The summed E-state index contributed by atoms with van der Waals surface area (Å²) in [5.74, 6) is 0.935. The molecular formula is C19H21NO2. The van der Waals surface area contributed by atoms with Crippen LogP contribution < -0.4 is 0 Å². The van der Waals surface area contributed by atoms with Crippen molar-refractivity contribution in [3.05, 3.63) is 65.1 Å². The first-order chi connectivity index (χ1) is 10.6. The van der Waals surface area contributed by atoms with Gasteiger partial charge in [0.1, 0.15) is 5.76 Å². The van der Waals surface area contributed by atoms with Crippen molar-refractivity contribution in [2.75, 3.05) is 6.54 Å². The maximum Gasteiger partial charge on any atom is 0.247 e. The molecule has 2 heterocycles. The summed E-state index contributed by atoms with van der Waals surface area (Å²) in [6, 6.07) is 10.2. The summed E-state index contributed by atoms with van der Waals surface area (Å²) in [4.78, 5) is 14.4. The largest absolute Gasteiger partial charge is 0.467 e. The highest BCUT2D eigenvalue weighted by Gasteiger charge is 2.30. The molecule has 1 saturated heterocycles. The van der Waals surface area contributed by atoms with Crippen LogP contribution in [-0.2, 0) is 4.79 Å². The first-order valence-electron chi connectivity index (χ1n) is 7.74. The Bertz CT molecular complexity index is 685. The summed E-state index contributed by atoms with van der Waals surface area (Å²) in [6.45, 7) is 4.93. The number of aryl methyl sites for hydroxylation is 2. The van der Waals surface area contributed by atoms with E-state index in [1.165, 1.54) is 11.1 Å². The molecule has 0 N–H and O–H groups in total. The summed E-state index contributed by atoms with van der Waals surface area (Å²) >= 11 is 0. The molecule has 0 aliphatic carbocycles. The van der Waals surface area contributed by atoms with Crippen LogP contribution in [0.3, 0.4) is 0 Å². The third-order valence-corrected chi connectivity index (χ3v) is 4.24. The summed E-state index contributed by atoms with van der Waals surface area (Å²) in [7, 11) is 0. The lowest BCUT2D eigenvalue weighted by Crippen LogP contribution is -2.28. The minimum absolute atomic E-state index is 0.0545. The van der Waals surface area contributed by atoms with Crippen LogP contribution in [0.15, 0.2) is 47.1 Å². The Hall–Kier alpha value is -2.29. The van der Waals surface area contributed by atoms with Crippen molar-refractivity contribution in [2.45, 2.75) is 32.7 Å². The van der Waals surface area contributed by atoms with Crippen LogP contribution in [0.5, 0.6) is 0 Å². The lowest BCUT2D eigenvalue weighted by molar-refractivity contribution is -0.127. The van der Waals surface area contributed by atoms with Crippen LogP contribution >= 0.6 is 0 Å². The summed E-state index contributed by atoms with van der Waals surface area (Å²) in [6.07, 6.45) is 7.25. The minimum Gasteiger partial charge on any atom is -0.467 e. The van der Waals surface area contributed by atoms with Gasteiger partial charge in [0, 0.05) is 12.6 Å². The van der Waals surface area contributed by atoms with E-state index < -0.39 is 0 Å². The summed E-state index contributed by atoms with van der Waals surface area (Å²) in [5, 5.41) is 0. The van der Waals surface area contributed by atoms with E-state index in [1.54, 1.807) is 12.3 Å². The molecule has 1 aliphatic rings. The first-order valence-corrected chi connectivity index (χ1v) is 7.74. The maximum absolute atomic E-state index is 12.5. The van der Waals surface area contributed by atoms with E-state index in [0.717, 1.165) is 30.7 Å². The van der Waals surface area contributed by atoms with Gasteiger partial charge in [-0.05, 0) is 56.0 Å². The zero-order valence-corrected chi connectivity index (χ0v) is 13.1. The molecule has 1 amide bonds. The van der Waals surface area contributed by atoms with Crippen LogP contribution in [0.2, 0.25) is 0 Å². The highest BCUT2D eigenvalue weighted by molar-refractivity contribution is 5.92. The first kappa shape index (κ1) is 14.6. The fourth-order valence-electron chi connectivity index (χ4n) is 3.08. The predicted molar refractivity (Wildman–Crippen MR) is 87.3 cm³/mol. The Kier molecular flexibility index (Phi) is 4.14. The van der Waals surface area contributed by atoms with Crippen molar-refractivity contribution in [3.63, 3.8) is 0 Å². The monoisotopic (exact) mass is 295 g/mol. The number of carbonyl (C=O) groups excluding carboxylic acids is 1. The molecule has 114 valence electrons. The van der Waals surface area contributed by atoms with Gasteiger partial charge in [-0.1, -0.05) is 23.8 Å². The molecule has 1 aliphatic heterocycles. The van der Waals surface area contributed by atoms with Crippen LogP contribution in [-0.4, -0.2) is 17.4 Å². The van der Waals surface area contributed by atoms with Gasteiger partial charge in [-0.15, -0.1) is 0 Å². The molecular weight excluding hydrogens is 274 g/mol. The van der Waals surface area contributed by atoms with Crippen LogP contribution in [0.4, 0.5) is 0 Å². The SMILES string of the molecule is Cc1ccc(/C=C/C(=O)N2CCCC2c2ccco2)c(C)c1. The number of nitrogens with zero attached hydrogens (tertiary/aromatic N) is 1. The Balaban J connectivity index is 1.75. The Morgan fingerprint density at radius 3 is 2.91 bits per heavy atom. The molecule has 0 saturated carbocycles. The maximum atomic E-state index is 12.5. The molecule has 3 heteroatoms. The lowest BCUT2D eigenvalue weighted by Gasteiger charge is -2.21. The fourth-order valence-corrected chi connectivity index (χ4v) is 3.08. The van der Waals surface area contributed by atoms with Gasteiger partial charge in [0.15, 0.2) is 0 Å². The van der Waals surface area contributed by atoms with E-state index in [0.29, 0.717) is 0 Å². The number of benzene rings is 1. The van der Waals surface area contributed by atoms with Crippen molar-refractivity contribution >= 4 is 12.0 Å². The van der Waals surface area contributed by atoms with Crippen molar-refractivity contribution < 1.29 is 9.21 Å². The average Bonchev–Trinajstić information content (AvgIpc) is 3.16. The molecule has 0 spiro atoms. The van der Waals surface area contributed by atoms with Gasteiger partial charge < -0.3 is 9.32 Å². The third kappa shape index (κ3) is 2.98. The standard InChI is InChI=1S/C19H21NO2/c1-14-7-8-16(15(2)13-14)9-10-19(21)20-11-3-5-17(20)18-6-4-12-22-18/h4,6-10,12-13,17H,3,5,11H2,1-2H3/b10-9+. The zero-order chi connectivity index (χ0) is 15.5. The smallest absolute Gasteiger partial charge is 0.247 e. The van der Waals surface area contributed by atoms with Crippen molar-refractivity contribution in [3.8, 4) is 0 Å². The van der Waals surface area contributed by atoms with E-state index in [1.807, 2.05) is 23.1 Å². The highest BCUT2D eigenvalue weighted by atomic mass is 16.3. The molecule has 1 aromatic carbocycles. The second-order valence-electron chi connectivity index (χ2n) is 5.90. The van der Waals surface area contributed by atoms with Crippen LogP contribution in [0.1, 0.15) is 41.3 Å². The van der Waals surface area contributed by atoms with Gasteiger partial charge in [-0.2, -0.15) is 0 Å². The van der Waals surface area contributed by atoms with E-state index in [9.17, 15) is 4.79 Å². The molecule has 1 fully saturated rings. The quantitative estimate of drug-likeness (QED) is 0.792. The third-order valence-electron chi connectivity index (χ3n) is 4.24. The van der Waals surface area contributed by atoms with Gasteiger partial charge in [0.2, 0.25) is 5.91 Å². The van der Waals surface area contributed by atoms with Crippen molar-refractivity contribution in [2.24, 2.45) is 0 Å². The highest BCUT2D eigenvalue weighted by Crippen LogP contribution is 2.32. The zero-order valence-electron chi connectivity index (χ0n) is 13.1. The predicted octanol–water partition coefficient (Wildman–Crippen LogP) is 4.27. The molecule has 1 unspecified atom stereocenters. The Morgan fingerprint density at radius 1 is 1.32 bits per heavy atom. The fraction of sp³-hybridized carbons (Fsp3) is 0.316. The molecule has 1 atom stereocenters. The molecule has 1 aromatic heterocycles. The number of amides is 1. The Morgan fingerprint density at radius 2 is 2.18 bits per heavy atom. The van der Waals surface area contributed by atoms with E-state index >= 15 is 0 Å². The van der Waals surface area contributed by atoms with Gasteiger partial charge in [0.25, 0.3) is 0 Å². The molecule has 3 rings (SSSR count). The van der Waals surface area contributed by atoms with Crippen LogP contribution in [0.25, 0.3) is 6.08 Å². The van der Waals surface area contributed by atoms with Gasteiger partial charge >= 0.3 is 0 Å². The van der Waals surface area contributed by atoms with E-state index in [4.69, 9.17) is 4.42 Å². The number of furan rings is 1. The van der Waals surface area contributed by atoms with Crippen LogP contribution in [0, 0.1) is 13.8 Å². The second kappa shape index (κ2) is 6.22. The minimum atomic E-state index is 0.0545. The number of hydrogen-bond acceptors (Lipinski definition) is 2. The number of carbonyl (C=O) groups is 1. The van der Waals surface area contributed by atoms with Crippen molar-refractivity contribution in [1.82, 2.24) is 4.90 Å². The normalized spacial score (nSPS) is 18.3. The van der Waals surface area contributed by atoms with Crippen molar-refractivity contribution in [1.29, 1.82) is 0 Å². The molecule has 2 aromatic rings. The topological polar surface area (TPSA) is 33.5 Å². The van der Waals surface area contributed by atoms with E-state index in [-0.39, 0.29) is 11.9 Å². The molecule has 3 nitrogen and oxygen atoms in total. The number of hydrogen-bond donors (Lipinski definition) is 0. The molecule has 0 bridgehead atoms. The molecule has 0 radical (unpaired) electrons. The average molecular weight is 295 g/mol. The van der Waals surface area contributed by atoms with Gasteiger partial charge in [-0.3, -0.25) is 4.79 Å². The number of rotatable bonds is 3. The van der Waals surface area contributed by atoms with Gasteiger partial charge in [0.05, 0.1) is 12.3 Å². The lowest BCUT2D eigenvalue weighted by atomic mass is 10.1. The Labute approximate surface area is 131 Å².